The highest BCUT2D eigenvalue weighted by Gasteiger charge is 2.31. The van der Waals surface area contributed by atoms with E-state index in [2.05, 4.69) is 5.32 Å². The molecule has 1 heterocycles. The quantitative estimate of drug-likeness (QED) is 0.699. The summed E-state index contributed by atoms with van der Waals surface area (Å²) in [5, 5.41) is 2.98. The van der Waals surface area contributed by atoms with E-state index >= 15 is 0 Å². The monoisotopic (exact) mass is 230 g/mol. The molecule has 94 valence electrons. The van der Waals surface area contributed by atoms with E-state index < -0.39 is 6.10 Å². The first-order valence-corrected chi connectivity index (χ1v) is 5.89. The molecule has 1 unspecified atom stereocenters. The van der Waals surface area contributed by atoms with Gasteiger partial charge in [0.2, 0.25) is 0 Å². The number of rotatable bonds is 5. The van der Waals surface area contributed by atoms with Gasteiger partial charge in [-0.05, 0) is 12.8 Å². The van der Waals surface area contributed by atoms with Crippen LogP contribution in [0.2, 0.25) is 0 Å². The molecule has 0 saturated carbocycles. The molecular weight excluding hydrogens is 208 g/mol. The number of amides is 1. The van der Waals surface area contributed by atoms with Crippen molar-refractivity contribution in [3.63, 3.8) is 0 Å². The van der Waals surface area contributed by atoms with E-state index in [1.54, 1.807) is 0 Å². The molecule has 5 heteroatoms. The Hall–Kier alpha value is -0.650. The molecule has 1 amide bonds. The van der Waals surface area contributed by atoms with Crippen LogP contribution in [-0.4, -0.2) is 43.9 Å². The predicted molar refractivity (Wildman–Crippen MR) is 61.1 cm³/mol. The first-order chi connectivity index (χ1) is 7.67. The lowest BCUT2D eigenvalue weighted by molar-refractivity contribution is -0.149. The fourth-order valence-electron chi connectivity index (χ4n) is 1.75. The smallest absolute Gasteiger partial charge is 0.252 e. The average molecular weight is 230 g/mol. The van der Waals surface area contributed by atoms with Crippen molar-refractivity contribution < 1.29 is 14.3 Å². The summed E-state index contributed by atoms with van der Waals surface area (Å²) in [4.78, 5) is 11.9. The zero-order valence-corrected chi connectivity index (χ0v) is 10.1. The van der Waals surface area contributed by atoms with Gasteiger partial charge in [-0.2, -0.15) is 0 Å². The molecule has 5 nitrogen and oxygen atoms in total. The standard InChI is InChI=1S/C11H22N2O3/c1-3-11(4-2,8-12)13-10(14)9-7-15-5-6-16-9/h9H,3-8,12H2,1-2H3,(H,13,14). The number of nitrogens with one attached hydrogen (secondary N) is 1. The number of hydrogen-bond donors (Lipinski definition) is 2. The highest BCUT2D eigenvalue weighted by Crippen LogP contribution is 2.14. The van der Waals surface area contributed by atoms with Crippen LogP contribution in [0.15, 0.2) is 0 Å². The normalized spacial score (nSPS) is 21.8. The lowest BCUT2D eigenvalue weighted by Crippen LogP contribution is -2.57. The summed E-state index contributed by atoms with van der Waals surface area (Å²) in [6.45, 7) is 5.86. The molecule has 3 N–H and O–H groups in total. The van der Waals surface area contributed by atoms with Crippen molar-refractivity contribution in [2.45, 2.75) is 38.3 Å². The van der Waals surface area contributed by atoms with Crippen LogP contribution in [0.25, 0.3) is 0 Å². The summed E-state index contributed by atoms with van der Waals surface area (Å²) in [5.74, 6) is -0.117. The number of ether oxygens (including phenoxy) is 2. The van der Waals surface area contributed by atoms with Gasteiger partial charge < -0.3 is 20.5 Å². The second kappa shape index (κ2) is 6.18. The zero-order valence-electron chi connectivity index (χ0n) is 10.1. The van der Waals surface area contributed by atoms with Gasteiger partial charge in [-0.25, -0.2) is 0 Å². The first kappa shape index (κ1) is 13.4. The molecule has 0 aromatic heterocycles. The van der Waals surface area contributed by atoms with Gasteiger partial charge in [-0.15, -0.1) is 0 Å². The van der Waals surface area contributed by atoms with Crippen molar-refractivity contribution in [1.29, 1.82) is 0 Å². The maximum Gasteiger partial charge on any atom is 0.252 e. The van der Waals surface area contributed by atoms with Crippen LogP contribution >= 0.6 is 0 Å². The summed E-state index contributed by atoms with van der Waals surface area (Å²) >= 11 is 0. The molecule has 0 aromatic rings. The molecule has 0 radical (unpaired) electrons. The minimum absolute atomic E-state index is 0.117. The zero-order chi connectivity index (χ0) is 12.0. The van der Waals surface area contributed by atoms with Crippen LogP contribution in [0.4, 0.5) is 0 Å². The van der Waals surface area contributed by atoms with Gasteiger partial charge in [0.05, 0.1) is 25.4 Å². The summed E-state index contributed by atoms with van der Waals surface area (Å²) in [7, 11) is 0. The van der Waals surface area contributed by atoms with Gasteiger partial charge in [0, 0.05) is 6.54 Å². The summed E-state index contributed by atoms with van der Waals surface area (Å²) < 4.78 is 10.5. The molecular formula is C11H22N2O3. The molecule has 1 saturated heterocycles. The van der Waals surface area contributed by atoms with Gasteiger partial charge in [-0.3, -0.25) is 4.79 Å². The van der Waals surface area contributed by atoms with E-state index in [1.807, 2.05) is 13.8 Å². The average Bonchev–Trinajstić information content (AvgIpc) is 2.37. The molecule has 0 aliphatic carbocycles. The third-order valence-corrected chi connectivity index (χ3v) is 3.24. The number of carbonyl (C=O) groups excluding carboxylic acids is 1. The topological polar surface area (TPSA) is 73.6 Å². The van der Waals surface area contributed by atoms with Crippen molar-refractivity contribution in [3.05, 3.63) is 0 Å². The largest absolute Gasteiger partial charge is 0.376 e. The van der Waals surface area contributed by atoms with Gasteiger partial charge in [0.25, 0.3) is 5.91 Å². The van der Waals surface area contributed by atoms with Gasteiger partial charge in [0.1, 0.15) is 0 Å². The SMILES string of the molecule is CCC(CC)(CN)NC(=O)C1COCCO1. The minimum atomic E-state index is -0.488. The minimum Gasteiger partial charge on any atom is -0.376 e. The first-order valence-electron chi connectivity index (χ1n) is 5.89. The highest BCUT2D eigenvalue weighted by atomic mass is 16.6. The predicted octanol–water partition coefficient (Wildman–Crippen LogP) is 0.0355. The lowest BCUT2D eigenvalue weighted by atomic mass is 9.92. The number of carbonyl (C=O) groups is 1. The van der Waals surface area contributed by atoms with Crippen molar-refractivity contribution >= 4 is 5.91 Å². The second-order valence-electron chi connectivity index (χ2n) is 4.12. The van der Waals surface area contributed by atoms with Gasteiger partial charge in [-0.1, -0.05) is 13.8 Å². The Morgan fingerprint density at radius 1 is 1.44 bits per heavy atom. The van der Waals surface area contributed by atoms with E-state index in [0.717, 1.165) is 12.8 Å². The molecule has 0 spiro atoms. The molecule has 0 bridgehead atoms. The van der Waals surface area contributed by atoms with Crippen LogP contribution in [0, 0.1) is 0 Å². The fraction of sp³-hybridized carbons (Fsp3) is 0.909. The van der Waals surface area contributed by atoms with Crippen LogP contribution in [-0.2, 0) is 14.3 Å². The van der Waals surface area contributed by atoms with Crippen LogP contribution < -0.4 is 11.1 Å². The molecule has 0 aromatic carbocycles. The highest BCUT2D eigenvalue weighted by molar-refractivity contribution is 5.81. The van der Waals surface area contributed by atoms with Crippen molar-refractivity contribution in [3.8, 4) is 0 Å². The molecule has 1 rings (SSSR count). The number of hydrogen-bond acceptors (Lipinski definition) is 4. The second-order valence-corrected chi connectivity index (χ2v) is 4.12. The summed E-state index contributed by atoms with van der Waals surface area (Å²) in [6.07, 6.45) is 1.15. The Morgan fingerprint density at radius 2 is 2.12 bits per heavy atom. The Morgan fingerprint density at radius 3 is 2.56 bits per heavy atom. The van der Waals surface area contributed by atoms with Crippen LogP contribution in [0.5, 0.6) is 0 Å². The Kier molecular flexibility index (Phi) is 5.18. The molecule has 1 aliphatic rings. The van der Waals surface area contributed by atoms with E-state index in [9.17, 15) is 4.79 Å². The van der Waals surface area contributed by atoms with Gasteiger partial charge in [0.15, 0.2) is 6.10 Å². The summed E-state index contributed by atoms with van der Waals surface area (Å²) in [6, 6.07) is 0. The van der Waals surface area contributed by atoms with E-state index in [-0.39, 0.29) is 11.4 Å². The van der Waals surface area contributed by atoms with E-state index in [0.29, 0.717) is 26.4 Å². The third kappa shape index (κ3) is 3.17. The van der Waals surface area contributed by atoms with Crippen molar-refractivity contribution in [2.75, 3.05) is 26.4 Å². The Balaban J connectivity index is 2.53. The molecule has 1 aliphatic heterocycles. The van der Waals surface area contributed by atoms with E-state index in [4.69, 9.17) is 15.2 Å². The van der Waals surface area contributed by atoms with Crippen LogP contribution in [0.3, 0.4) is 0 Å². The molecule has 1 fully saturated rings. The molecule has 16 heavy (non-hydrogen) atoms. The Bertz CT molecular complexity index is 215. The maximum absolute atomic E-state index is 11.9. The maximum atomic E-state index is 11.9. The van der Waals surface area contributed by atoms with E-state index in [1.165, 1.54) is 0 Å². The number of nitrogens with two attached hydrogens (primary N) is 1. The fourth-order valence-corrected chi connectivity index (χ4v) is 1.75. The molecule has 1 atom stereocenters. The van der Waals surface area contributed by atoms with Crippen molar-refractivity contribution in [2.24, 2.45) is 5.73 Å². The van der Waals surface area contributed by atoms with Crippen molar-refractivity contribution in [1.82, 2.24) is 5.32 Å². The summed E-state index contributed by atoms with van der Waals surface area (Å²) in [5.41, 5.74) is 5.41. The van der Waals surface area contributed by atoms with Crippen LogP contribution in [0.1, 0.15) is 26.7 Å². The lowest BCUT2D eigenvalue weighted by Gasteiger charge is -2.33. The third-order valence-electron chi connectivity index (χ3n) is 3.24. The Labute approximate surface area is 96.7 Å². The van der Waals surface area contributed by atoms with Gasteiger partial charge >= 0.3 is 0 Å².